The predicted octanol–water partition coefficient (Wildman–Crippen LogP) is 2.73. The lowest BCUT2D eigenvalue weighted by atomic mass is 9.97. The number of pyridine rings is 1. The van der Waals surface area contributed by atoms with Gasteiger partial charge in [-0.15, -0.1) is 10.2 Å². The van der Waals surface area contributed by atoms with Crippen molar-refractivity contribution in [2.75, 3.05) is 30.4 Å². The van der Waals surface area contributed by atoms with Gasteiger partial charge in [-0.05, 0) is 37.1 Å². The average Bonchev–Trinajstić information content (AvgIpc) is 3.12. The number of piperidine rings is 1. The van der Waals surface area contributed by atoms with Crippen molar-refractivity contribution in [1.82, 2.24) is 14.6 Å². The molecule has 3 heterocycles. The first-order chi connectivity index (χ1) is 13.2. The number of methoxy groups -OCH3 is 1. The summed E-state index contributed by atoms with van der Waals surface area (Å²) in [5, 5.41) is 11.2. The molecule has 0 unspecified atom stereocenters. The SMILES string of the molecule is COc1ccc(NC(=O)[C@H]2CCCN(c3nnc4ccccn34)C2)cc1F. The molecule has 4 rings (SSSR count). The minimum Gasteiger partial charge on any atom is -0.494 e. The van der Waals surface area contributed by atoms with E-state index in [9.17, 15) is 9.18 Å². The molecule has 27 heavy (non-hydrogen) atoms. The Balaban J connectivity index is 1.48. The van der Waals surface area contributed by atoms with E-state index in [0.717, 1.165) is 31.0 Å². The molecule has 8 heteroatoms. The minimum atomic E-state index is -0.504. The fourth-order valence-corrected chi connectivity index (χ4v) is 3.41. The lowest BCUT2D eigenvalue weighted by Crippen LogP contribution is -2.41. The molecule has 0 aliphatic carbocycles. The number of hydrogen-bond donors (Lipinski definition) is 1. The molecule has 3 aromatic rings. The Labute approximate surface area is 155 Å². The Kier molecular flexibility index (Phi) is 4.62. The van der Waals surface area contributed by atoms with E-state index in [4.69, 9.17) is 4.74 Å². The molecule has 1 atom stereocenters. The Bertz CT molecular complexity index is 974. The Morgan fingerprint density at radius 1 is 1.30 bits per heavy atom. The van der Waals surface area contributed by atoms with Crippen LogP contribution in [0.5, 0.6) is 5.75 Å². The fourth-order valence-electron chi connectivity index (χ4n) is 3.41. The summed E-state index contributed by atoms with van der Waals surface area (Å²) < 4.78 is 20.7. The minimum absolute atomic E-state index is 0.127. The highest BCUT2D eigenvalue weighted by atomic mass is 19.1. The Hall–Kier alpha value is -3.16. The molecule has 0 saturated carbocycles. The number of carbonyl (C=O) groups is 1. The number of aromatic nitrogens is 3. The third-order valence-electron chi connectivity index (χ3n) is 4.79. The van der Waals surface area contributed by atoms with Gasteiger partial charge in [-0.1, -0.05) is 6.07 Å². The first-order valence-corrected chi connectivity index (χ1v) is 8.85. The van der Waals surface area contributed by atoms with Crippen LogP contribution >= 0.6 is 0 Å². The van der Waals surface area contributed by atoms with Crippen LogP contribution in [0.1, 0.15) is 12.8 Å². The van der Waals surface area contributed by atoms with Crippen molar-refractivity contribution in [3.63, 3.8) is 0 Å². The number of amides is 1. The number of halogens is 1. The van der Waals surface area contributed by atoms with Gasteiger partial charge in [0.1, 0.15) is 0 Å². The number of nitrogens with one attached hydrogen (secondary N) is 1. The molecular formula is C19H20FN5O2. The van der Waals surface area contributed by atoms with Crippen molar-refractivity contribution in [3.8, 4) is 5.75 Å². The Morgan fingerprint density at radius 2 is 2.19 bits per heavy atom. The monoisotopic (exact) mass is 369 g/mol. The zero-order chi connectivity index (χ0) is 18.8. The van der Waals surface area contributed by atoms with E-state index >= 15 is 0 Å². The van der Waals surface area contributed by atoms with Gasteiger partial charge in [0, 0.05) is 31.0 Å². The van der Waals surface area contributed by atoms with Crippen LogP contribution in [-0.4, -0.2) is 40.7 Å². The summed E-state index contributed by atoms with van der Waals surface area (Å²) in [7, 11) is 1.40. The summed E-state index contributed by atoms with van der Waals surface area (Å²) >= 11 is 0. The maximum Gasteiger partial charge on any atom is 0.231 e. The summed E-state index contributed by atoms with van der Waals surface area (Å²) in [5.41, 5.74) is 1.19. The third kappa shape index (κ3) is 3.42. The predicted molar refractivity (Wildman–Crippen MR) is 99.5 cm³/mol. The maximum absolute atomic E-state index is 13.8. The largest absolute Gasteiger partial charge is 0.494 e. The molecule has 1 aliphatic heterocycles. The van der Waals surface area contributed by atoms with Gasteiger partial charge in [0.2, 0.25) is 11.9 Å². The van der Waals surface area contributed by atoms with Gasteiger partial charge in [0.25, 0.3) is 0 Å². The fraction of sp³-hybridized carbons (Fsp3) is 0.316. The molecule has 1 aromatic carbocycles. The number of fused-ring (bicyclic) bond motifs is 1. The van der Waals surface area contributed by atoms with Gasteiger partial charge in [0.05, 0.1) is 13.0 Å². The molecule has 1 saturated heterocycles. The van der Waals surface area contributed by atoms with E-state index in [2.05, 4.69) is 20.4 Å². The lowest BCUT2D eigenvalue weighted by Gasteiger charge is -2.32. The topological polar surface area (TPSA) is 71.8 Å². The molecule has 1 amide bonds. The van der Waals surface area contributed by atoms with E-state index in [0.29, 0.717) is 12.2 Å². The van der Waals surface area contributed by atoms with Gasteiger partial charge >= 0.3 is 0 Å². The molecule has 0 bridgehead atoms. The molecule has 1 N–H and O–H groups in total. The first kappa shape index (κ1) is 17.3. The van der Waals surface area contributed by atoms with Gasteiger partial charge in [0.15, 0.2) is 17.2 Å². The molecular weight excluding hydrogens is 349 g/mol. The second-order valence-corrected chi connectivity index (χ2v) is 6.55. The average molecular weight is 369 g/mol. The van der Waals surface area contributed by atoms with Crippen molar-refractivity contribution < 1.29 is 13.9 Å². The molecule has 2 aromatic heterocycles. The second-order valence-electron chi connectivity index (χ2n) is 6.55. The van der Waals surface area contributed by atoms with Gasteiger partial charge < -0.3 is 15.0 Å². The van der Waals surface area contributed by atoms with Crippen LogP contribution < -0.4 is 15.0 Å². The van der Waals surface area contributed by atoms with Crippen LogP contribution in [0.15, 0.2) is 42.6 Å². The molecule has 0 radical (unpaired) electrons. The van der Waals surface area contributed by atoms with E-state index in [1.807, 2.05) is 28.8 Å². The number of carbonyl (C=O) groups excluding carboxylic acids is 1. The van der Waals surface area contributed by atoms with Crippen LogP contribution in [0.4, 0.5) is 16.0 Å². The van der Waals surface area contributed by atoms with Crippen molar-refractivity contribution in [1.29, 1.82) is 0 Å². The highest BCUT2D eigenvalue weighted by molar-refractivity contribution is 5.93. The quantitative estimate of drug-likeness (QED) is 0.766. The summed E-state index contributed by atoms with van der Waals surface area (Å²) in [5.74, 6) is 0.0441. The smallest absolute Gasteiger partial charge is 0.231 e. The highest BCUT2D eigenvalue weighted by Gasteiger charge is 2.28. The molecule has 1 fully saturated rings. The van der Waals surface area contributed by atoms with Crippen LogP contribution in [0.2, 0.25) is 0 Å². The summed E-state index contributed by atoms with van der Waals surface area (Å²) in [6, 6.07) is 10.1. The van der Waals surface area contributed by atoms with Gasteiger partial charge in [-0.3, -0.25) is 9.20 Å². The normalized spacial score (nSPS) is 17.1. The van der Waals surface area contributed by atoms with Gasteiger partial charge in [-0.25, -0.2) is 4.39 Å². The molecule has 0 spiro atoms. The van der Waals surface area contributed by atoms with Crippen LogP contribution in [0, 0.1) is 11.7 Å². The second kappa shape index (κ2) is 7.22. The lowest BCUT2D eigenvalue weighted by molar-refractivity contribution is -0.120. The van der Waals surface area contributed by atoms with Crippen LogP contribution in [-0.2, 0) is 4.79 Å². The van der Waals surface area contributed by atoms with E-state index < -0.39 is 5.82 Å². The zero-order valence-corrected chi connectivity index (χ0v) is 14.9. The van der Waals surface area contributed by atoms with Gasteiger partial charge in [-0.2, -0.15) is 0 Å². The molecule has 7 nitrogen and oxygen atoms in total. The van der Waals surface area contributed by atoms with Crippen molar-refractivity contribution >= 4 is 23.2 Å². The zero-order valence-electron chi connectivity index (χ0n) is 14.9. The number of anilines is 2. The Morgan fingerprint density at radius 3 is 3.00 bits per heavy atom. The summed E-state index contributed by atoms with van der Waals surface area (Å²) in [6.07, 6.45) is 3.56. The molecule has 140 valence electrons. The summed E-state index contributed by atoms with van der Waals surface area (Å²) in [6.45, 7) is 1.36. The number of hydrogen-bond acceptors (Lipinski definition) is 5. The van der Waals surface area contributed by atoms with Crippen molar-refractivity contribution in [3.05, 3.63) is 48.4 Å². The van der Waals surface area contributed by atoms with Crippen LogP contribution in [0.25, 0.3) is 5.65 Å². The van der Waals surface area contributed by atoms with Crippen molar-refractivity contribution in [2.24, 2.45) is 5.92 Å². The summed E-state index contributed by atoms with van der Waals surface area (Å²) in [4.78, 5) is 14.7. The number of rotatable bonds is 4. The van der Waals surface area contributed by atoms with Crippen LogP contribution in [0.3, 0.4) is 0 Å². The first-order valence-electron chi connectivity index (χ1n) is 8.85. The van der Waals surface area contributed by atoms with E-state index in [-0.39, 0.29) is 17.6 Å². The standard InChI is InChI=1S/C19H20FN5O2/c1-27-16-8-7-14(11-15(16)20)21-18(26)13-5-4-9-24(12-13)19-23-22-17-6-2-3-10-25(17)19/h2-3,6-8,10-11,13H,4-5,9,12H2,1H3,(H,21,26)/t13-/m0/s1. The number of benzene rings is 1. The number of ether oxygens (including phenoxy) is 1. The van der Waals surface area contributed by atoms with E-state index in [1.54, 1.807) is 6.07 Å². The highest BCUT2D eigenvalue weighted by Crippen LogP contribution is 2.25. The molecule has 1 aliphatic rings. The van der Waals surface area contributed by atoms with E-state index in [1.165, 1.54) is 19.2 Å². The number of nitrogens with zero attached hydrogens (tertiary/aromatic N) is 4. The third-order valence-corrected chi connectivity index (χ3v) is 4.79. The van der Waals surface area contributed by atoms with Crippen molar-refractivity contribution in [2.45, 2.75) is 12.8 Å². The maximum atomic E-state index is 13.8.